The van der Waals surface area contributed by atoms with Crippen molar-refractivity contribution in [3.05, 3.63) is 64.6 Å². The van der Waals surface area contributed by atoms with Crippen molar-refractivity contribution in [1.29, 1.82) is 0 Å². The van der Waals surface area contributed by atoms with Crippen LogP contribution in [0.2, 0.25) is 0 Å². The minimum Gasteiger partial charge on any atom is -0.357 e. The summed E-state index contributed by atoms with van der Waals surface area (Å²) in [6.45, 7) is 5.61. The van der Waals surface area contributed by atoms with E-state index in [9.17, 15) is 0 Å². The molecule has 0 saturated carbocycles. The number of aryl methyl sites for hydroxylation is 1. The molecule has 1 aromatic carbocycles. The summed E-state index contributed by atoms with van der Waals surface area (Å²) in [5, 5.41) is 1.40. The molecule has 3 aromatic rings. The zero-order valence-electron chi connectivity index (χ0n) is 14.6. The molecule has 3 aliphatic rings. The van der Waals surface area contributed by atoms with Crippen molar-refractivity contribution >= 4 is 23.1 Å². The van der Waals surface area contributed by atoms with E-state index in [1.807, 2.05) is 13.1 Å². The minimum absolute atomic E-state index is 0.708. The van der Waals surface area contributed by atoms with Gasteiger partial charge in [-0.05, 0) is 55.6 Å². The Kier molecular flexibility index (Phi) is 3.49. The molecule has 6 rings (SSSR count). The minimum atomic E-state index is 0.708. The van der Waals surface area contributed by atoms with Crippen molar-refractivity contribution in [1.82, 2.24) is 14.9 Å². The molecule has 0 unspecified atom stereocenters. The van der Waals surface area contributed by atoms with E-state index < -0.39 is 0 Å². The zero-order valence-corrected chi connectivity index (χ0v) is 14.6. The second kappa shape index (κ2) is 5.85. The molecule has 3 aliphatic heterocycles. The van der Waals surface area contributed by atoms with Gasteiger partial charge < -0.3 is 4.98 Å². The first-order valence-corrected chi connectivity index (χ1v) is 9.24. The molecule has 2 aromatic heterocycles. The number of pyridine rings is 1. The number of fused-ring (bicyclic) bond motifs is 3. The average Bonchev–Trinajstić information content (AvgIpc) is 2.82. The van der Waals surface area contributed by atoms with E-state index in [-0.39, 0.29) is 0 Å². The fourth-order valence-corrected chi connectivity index (χ4v) is 4.34. The number of hydrogen-bond donors (Lipinski definition) is 1. The van der Waals surface area contributed by atoms with Gasteiger partial charge in [-0.2, -0.15) is 0 Å². The summed E-state index contributed by atoms with van der Waals surface area (Å²) < 4.78 is 0. The fourth-order valence-electron chi connectivity index (χ4n) is 4.34. The number of hydrogen-bond acceptors (Lipinski definition) is 2. The lowest BCUT2D eigenvalue weighted by atomic mass is 9.94. The maximum Gasteiger partial charge on any atom is 0.0533 e. The largest absolute Gasteiger partial charge is 0.357 e. The maximum atomic E-state index is 4.38. The molecule has 1 fully saturated rings. The van der Waals surface area contributed by atoms with Crippen LogP contribution in [0.5, 0.6) is 0 Å². The highest BCUT2D eigenvalue weighted by molar-refractivity contribution is 5.93. The fraction of sp³-hybridized carbons (Fsp3) is 0.318. The van der Waals surface area contributed by atoms with Crippen LogP contribution in [-0.2, 0) is 6.54 Å². The molecule has 0 atom stereocenters. The number of H-pyrrole nitrogens is 1. The molecule has 1 N–H and O–H groups in total. The number of piperidine rings is 1. The second-order valence-electron chi connectivity index (χ2n) is 7.40. The van der Waals surface area contributed by atoms with Crippen molar-refractivity contribution in [3.8, 4) is 0 Å². The van der Waals surface area contributed by atoms with Gasteiger partial charge in [-0.3, -0.25) is 9.88 Å². The molecule has 0 spiro atoms. The van der Waals surface area contributed by atoms with Gasteiger partial charge in [-0.25, -0.2) is 0 Å². The molecular weight excluding hydrogens is 306 g/mol. The van der Waals surface area contributed by atoms with Crippen LogP contribution in [-0.4, -0.2) is 28.0 Å². The predicted molar refractivity (Wildman–Crippen MR) is 103 cm³/mol. The zero-order chi connectivity index (χ0) is 16.8. The highest BCUT2D eigenvalue weighted by Crippen LogP contribution is 2.39. The molecule has 0 aliphatic carbocycles. The lowest BCUT2D eigenvalue weighted by molar-refractivity contribution is 0.220. The lowest BCUT2D eigenvalue weighted by Gasteiger charge is -2.26. The molecular formula is C22H23N3. The number of aromatic amines is 1. The first kappa shape index (κ1) is 14.9. The number of benzene rings is 1. The number of nitrogens with one attached hydrogen (secondary N) is 1. The van der Waals surface area contributed by atoms with Crippen LogP contribution in [0.15, 0.2) is 36.5 Å². The number of aromatic nitrogens is 2. The molecule has 126 valence electrons. The third-order valence-corrected chi connectivity index (χ3v) is 5.77. The van der Waals surface area contributed by atoms with E-state index in [1.165, 1.54) is 53.7 Å². The average molecular weight is 329 g/mol. The smallest absolute Gasteiger partial charge is 0.0533 e. The summed E-state index contributed by atoms with van der Waals surface area (Å²) >= 11 is 0. The Morgan fingerprint density at radius 3 is 2.80 bits per heavy atom. The Labute approximate surface area is 148 Å². The predicted octanol–water partition coefficient (Wildman–Crippen LogP) is 4.73. The maximum absolute atomic E-state index is 4.38. The van der Waals surface area contributed by atoms with Crippen LogP contribution in [0.4, 0.5) is 0 Å². The summed E-state index contributed by atoms with van der Waals surface area (Å²) in [5.41, 5.74) is 7.77. The normalized spacial score (nSPS) is 22.4. The topological polar surface area (TPSA) is 31.9 Å². The summed E-state index contributed by atoms with van der Waals surface area (Å²) in [6, 6.07) is 10.8. The number of nitrogens with zero attached hydrogens (tertiary/aromatic N) is 2. The highest BCUT2D eigenvalue weighted by atomic mass is 15.1. The molecule has 3 nitrogen and oxygen atoms in total. The molecule has 5 heterocycles. The van der Waals surface area contributed by atoms with Crippen molar-refractivity contribution < 1.29 is 0 Å². The van der Waals surface area contributed by atoms with Crippen molar-refractivity contribution in [2.75, 3.05) is 13.1 Å². The van der Waals surface area contributed by atoms with E-state index in [2.05, 4.69) is 57.4 Å². The van der Waals surface area contributed by atoms with Crippen LogP contribution >= 0.6 is 0 Å². The molecule has 3 heteroatoms. The van der Waals surface area contributed by atoms with Crippen molar-refractivity contribution in [2.45, 2.75) is 32.2 Å². The van der Waals surface area contributed by atoms with Crippen LogP contribution in [0.3, 0.4) is 0 Å². The molecule has 25 heavy (non-hydrogen) atoms. The van der Waals surface area contributed by atoms with E-state index in [1.54, 1.807) is 0 Å². The number of rotatable bonds is 2. The van der Waals surface area contributed by atoms with Crippen LogP contribution in [0, 0.1) is 6.92 Å². The Morgan fingerprint density at radius 1 is 1.12 bits per heavy atom. The summed E-state index contributed by atoms with van der Waals surface area (Å²) in [7, 11) is 0. The van der Waals surface area contributed by atoms with Gasteiger partial charge in [-0.15, -0.1) is 0 Å². The first-order valence-electron chi connectivity index (χ1n) is 9.24. The Hall–Kier alpha value is -2.39. The molecule has 2 bridgehead atoms. The second-order valence-corrected chi connectivity index (χ2v) is 7.40. The molecule has 0 radical (unpaired) electrons. The van der Waals surface area contributed by atoms with Gasteiger partial charge in [0.1, 0.15) is 0 Å². The summed E-state index contributed by atoms with van der Waals surface area (Å²) in [4.78, 5) is 10.8. The van der Waals surface area contributed by atoms with Gasteiger partial charge in [0.05, 0.1) is 5.52 Å². The van der Waals surface area contributed by atoms with Gasteiger partial charge in [0.2, 0.25) is 0 Å². The monoisotopic (exact) mass is 329 g/mol. The van der Waals surface area contributed by atoms with Crippen LogP contribution in [0.1, 0.15) is 46.8 Å². The van der Waals surface area contributed by atoms with Crippen molar-refractivity contribution in [3.63, 3.8) is 0 Å². The van der Waals surface area contributed by atoms with Crippen LogP contribution in [0.25, 0.3) is 23.1 Å². The standard InChI is InChI=1S/C22H23N3/c1-15-5-6-16(13-23-15)7-8-17-3-2-4-19-20-14-25-11-9-18(10-12-25)22(20)24-21(17)19/h2-8,13,18,24H,9-12,14H2,1H3. The van der Waals surface area contributed by atoms with Crippen LogP contribution < -0.4 is 0 Å². The Balaban J connectivity index is 1.58. The summed E-state index contributed by atoms with van der Waals surface area (Å²) in [6.07, 6.45) is 8.88. The molecule has 1 saturated heterocycles. The van der Waals surface area contributed by atoms with E-state index >= 15 is 0 Å². The number of para-hydroxylation sites is 1. The Bertz CT molecular complexity index is 941. The van der Waals surface area contributed by atoms with E-state index in [0.29, 0.717) is 5.92 Å². The van der Waals surface area contributed by atoms with Gasteiger partial charge in [0.25, 0.3) is 0 Å². The Morgan fingerprint density at radius 2 is 2.00 bits per heavy atom. The van der Waals surface area contributed by atoms with Gasteiger partial charge in [0.15, 0.2) is 0 Å². The van der Waals surface area contributed by atoms with Gasteiger partial charge >= 0.3 is 0 Å². The lowest BCUT2D eigenvalue weighted by Crippen LogP contribution is -2.29. The van der Waals surface area contributed by atoms with Crippen molar-refractivity contribution in [2.24, 2.45) is 0 Å². The highest BCUT2D eigenvalue weighted by Gasteiger charge is 2.30. The summed E-state index contributed by atoms with van der Waals surface area (Å²) in [5.74, 6) is 0.708. The van der Waals surface area contributed by atoms with E-state index in [4.69, 9.17) is 0 Å². The SMILES string of the molecule is Cc1ccc(C=Cc2cccc3c4c([nH]c23)C2CCN(CC2)C4)cn1. The van der Waals surface area contributed by atoms with E-state index in [0.717, 1.165) is 17.8 Å². The molecule has 0 amide bonds. The van der Waals surface area contributed by atoms with Gasteiger partial charge in [0, 0.05) is 35.4 Å². The van der Waals surface area contributed by atoms with Gasteiger partial charge in [-0.1, -0.05) is 36.4 Å². The quantitative estimate of drug-likeness (QED) is 0.737. The third kappa shape index (κ3) is 2.59. The first-order chi connectivity index (χ1) is 12.3. The third-order valence-electron chi connectivity index (χ3n) is 5.77.